The van der Waals surface area contributed by atoms with E-state index in [4.69, 9.17) is 19.6 Å². The van der Waals surface area contributed by atoms with Crippen LogP contribution >= 0.6 is 34.9 Å². The number of ether oxygens (including phenoxy) is 3. The van der Waals surface area contributed by atoms with E-state index >= 15 is 8.78 Å². The molecule has 0 aliphatic carbocycles. The molecule has 0 saturated heterocycles. The molecular formula is C30H34BrF2N2NaO9PS. The van der Waals surface area contributed by atoms with Crippen molar-refractivity contribution in [2.45, 2.75) is 53.8 Å². The molecule has 0 spiro atoms. The summed E-state index contributed by atoms with van der Waals surface area (Å²) in [5.41, 5.74) is -4.92. The number of halogens is 3. The second-order valence-corrected chi connectivity index (χ2v) is 15.7. The zero-order chi connectivity index (χ0) is 34.7. The molecule has 47 heavy (non-hydrogen) atoms. The molecule has 1 unspecified atom stereocenters. The molecule has 1 aromatic heterocycles. The normalized spacial score (nSPS) is 13.2. The SMILES string of the molecule is CC(C)(C)C(=O)OCOC(=O)c1ccc(-c2csc(=N)n2Cc2ccc(C(F)(F)P(=O)(O)OCOC(=O)C(C)(C)C)c(Br)c2)cc1.[Na]. The third-order valence-electron chi connectivity index (χ3n) is 6.31. The molecule has 17 heteroatoms. The molecule has 3 rings (SSSR count). The molecule has 0 aliphatic heterocycles. The molecule has 0 bridgehead atoms. The molecule has 2 aromatic carbocycles. The Bertz CT molecular complexity index is 1720. The van der Waals surface area contributed by atoms with Gasteiger partial charge in [-0.05, 0) is 70.9 Å². The van der Waals surface area contributed by atoms with E-state index in [0.717, 1.165) is 17.4 Å². The van der Waals surface area contributed by atoms with Crippen LogP contribution < -0.4 is 4.80 Å². The summed E-state index contributed by atoms with van der Waals surface area (Å²) in [6.07, 6.45) is 0. The number of nitrogens with zero attached hydrogens (tertiary/aromatic N) is 1. The Morgan fingerprint density at radius 1 is 0.936 bits per heavy atom. The van der Waals surface area contributed by atoms with Gasteiger partial charge in [0.25, 0.3) is 0 Å². The van der Waals surface area contributed by atoms with Crippen molar-refractivity contribution >= 4 is 82.3 Å². The summed E-state index contributed by atoms with van der Waals surface area (Å²) in [6, 6.07) is 9.96. The number of thiazole rings is 1. The van der Waals surface area contributed by atoms with Gasteiger partial charge in [-0.2, -0.15) is 8.78 Å². The summed E-state index contributed by atoms with van der Waals surface area (Å²) in [5, 5.41) is 10.1. The minimum atomic E-state index is -5.64. The van der Waals surface area contributed by atoms with Crippen LogP contribution in [0.1, 0.15) is 63.0 Å². The molecule has 1 atom stereocenters. The average Bonchev–Trinajstić information content (AvgIpc) is 3.31. The number of hydrogen-bond acceptors (Lipinski definition) is 10. The Morgan fingerprint density at radius 2 is 1.49 bits per heavy atom. The summed E-state index contributed by atoms with van der Waals surface area (Å²) in [6.45, 7) is 8.01. The van der Waals surface area contributed by atoms with E-state index in [1.807, 2.05) is 0 Å². The molecule has 0 amide bonds. The zero-order valence-electron chi connectivity index (χ0n) is 26.9. The zero-order valence-corrected chi connectivity index (χ0v) is 32.2. The van der Waals surface area contributed by atoms with Crippen molar-refractivity contribution in [1.82, 2.24) is 4.57 Å². The fraction of sp³-hybridized carbons (Fsp3) is 0.400. The summed E-state index contributed by atoms with van der Waals surface area (Å²) in [7, 11) is -5.64. The van der Waals surface area contributed by atoms with Crippen LogP contribution in [0.2, 0.25) is 0 Å². The van der Waals surface area contributed by atoms with Gasteiger partial charge in [-0.1, -0.05) is 40.2 Å². The van der Waals surface area contributed by atoms with E-state index in [1.54, 1.807) is 42.9 Å². The first-order valence-corrected chi connectivity index (χ1v) is 16.9. The molecule has 1 radical (unpaired) electrons. The van der Waals surface area contributed by atoms with Crippen molar-refractivity contribution in [3.63, 3.8) is 0 Å². The quantitative estimate of drug-likeness (QED) is 0.0947. The Morgan fingerprint density at radius 3 is 2.02 bits per heavy atom. The van der Waals surface area contributed by atoms with Crippen molar-refractivity contribution in [3.05, 3.63) is 73.8 Å². The number of nitrogens with one attached hydrogen (secondary N) is 1. The predicted octanol–water partition coefficient (Wildman–Crippen LogP) is 6.63. The van der Waals surface area contributed by atoms with E-state index < -0.39 is 61.1 Å². The number of aromatic nitrogens is 1. The minimum absolute atomic E-state index is 0. The van der Waals surface area contributed by atoms with Gasteiger partial charge in [0.15, 0.2) is 4.80 Å². The van der Waals surface area contributed by atoms with Crippen LogP contribution in [0.4, 0.5) is 8.78 Å². The van der Waals surface area contributed by atoms with Crippen LogP contribution in [0.15, 0.2) is 52.3 Å². The number of alkyl halides is 2. The van der Waals surface area contributed by atoms with Gasteiger partial charge in [0.2, 0.25) is 13.6 Å². The first-order valence-electron chi connectivity index (χ1n) is 13.6. The molecule has 3 aromatic rings. The standard InChI is InChI=1S/C30H34BrF2N2O9PS.Na/c1-28(2,3)25(37)42-16-41-24(36)20-10-8-19(9-11-20)23-15-46-27(34)35(23)14-18-7-12-21(22(31)13-18)30(32,33)45(39,40)44-17-43-26(38)29(4,5)6;/h7-13,15,34H,14,16-17H2,1-6H3,(H,39,40);. The van der Waals surface area contributed by atoms with Crippen LogP contribution in [-0.4, -0.2) is 70.5 Å². The Kier molecular flexibility index (Phi) is 13.9. The van der Waals surface area contributed by atoms with E-state index in [0.29, 0.717) is 16.8 Å². The average molecular weight is 771 g/mol. The maximum atomic E-state index is 15.2. The van der Waals surface area contributed by atoms with Gasteiger partial charge in [0, 0.05) is 45.0 Å². The Hall–Kier alpha value is -2.23. The number of carbonyl (C=O) groups excluding carboxylic acids is 3. The molecule has 0 aliphatic rings. The van der Waals surface area contributed by atoms with Crippen molar-refractivity contribution < 1.29 is 51.4 Å². The van der Waals surface area contributed by atoms with Crippen molar-refractivity contribution in [3.8, 4) is 11.3 Å². The van der Waals surface area contributed by atoms with Gasteiger partial charge in [-0.15, -0.1) is 11.3 Å². The maximum Gasteiger partial charge on any atom is 0.404 e. The van der Waals surface area contributed by atoms with Gasteiger partial charge in [0.1, 0.15) is 0 Å². The van der Waals surface area contributed by atoms with E-state index in [9.17, 15) is 23.8 Å². The third-order valence-corrected chi connectivity index (χ3v) is 9.16. The van der Waals surface area contributed by atoms with E-state index in [2.05, 4.69) is 20.5 Å². The largest absolute Gasteiger partial charge is 0.438 e. The number of carbonyl (C=O) groups is 3. The van der Waals surface area contributed by atoms with Crippen LogP contribution in [0.3, 0.4) is 0 Å². The molecule has 0 fully saturated rings. The summed E-state index contributed by atoms with van der Waals surface area (Å²) < 4.78 is 63.3. The maximum absolute atomic E-state index is 15.2. The molecule has 2 N–H and O–H groups in total. The molecular weight excluding hydrogens is 736 g/mol. The molecule has 251 valence electrons. The molecule has 0 saturated carbocycles. The fourth-order valence-corrected chi connectivity index (χ4v) is 6.09. The number of esters is 3. The van der Waals surface area contributed by atoms with Crippen LogP contribution in [-0.2, 0) is 45.1 Å². The van der Waals surface area contributed by atoms with Crippen LogP contribution in [0, 0.1) is 16.2 Å². The van der Waals surface area contributed by atoms with E-state index in [1.165, 1.54) is 45.0 Å². The van der Waals surface area contributed by atoms with Gasteiger partial charge in [0.05, 0.1) is 28.6 Å². The molecule has 1 heterocycles. The number of rotatable bonds is 11. The van der Waals surface area contributed by atoms with Gasteiger partial charge >= 0.3 is 31.2 Å². The van der Waals surface area contributed by atoms with Crippen molar-refractivity contribution in [1.29, 1.82) is 5.41 Å². The summed E-state index contributed by atoms with van der Waals surface area (Å²) in [5.74, 6) is -2.01. The van der Waals surface area contributed by atoms with Crippen LogP contribution in [0.25, 0.3) is 11.3 Å². The number of benzene rings is 2. The first kappa shape index (κ1) is 40.9. The summed E-state index contributed by atoms with van der Waals surface area (Å²) in [4.78, 5) is 46.3. The van der Waals surface area contributed by atoms with Gasteiger partial charge in [-0.25, -0.2) is 4.79 Å². The second-order valence-electron chi connectivity index (χ2n) is 12.1. The number of hydrogen-bond donors (Lipinski definition) is 2. The Labute approximate surface area is 305 Å². The minimum Gasteiger partial charge on any atom is -0.438 e. The predicted molar refractivity (Wildman–Crippen MR) is 174 cm³/mol. The second kappa shape index (κ2) is 16.0. The topological polar surface area (TPSA) is 154 Å². The van der Waals surface area contributed by atoms with Crippen molar-refractivity contribution in [2.24, 2.45) is 10.8 Å². The van der Waals surface area contributed by atoms with Gasteiger partial charge in [-0.3, -0.25) is 24.1 Å². The van der Waals surface area contributed by atoms with Crippen LogP contribution in [0.5, 0.6) is 0 Å². The Balaban J connectivity index is 0.00000768. The van der Waals surface area contributed by atoms with Crippen molar-refractivity contribution in [2.75, 3.05) is 13.6 Å². The summed E-state index contributed by atoms with van der Waals surface area (Å²) >= 11 is 4.19. The monoisotopic (exact) mass is 769 g/mol. The third kappa shape index (κ3) is 10.4. The smallest absolute Gasteiger partial charge is 0.404 e. The van der Waals surface area contributed by atoms with E-state index in [-0.39, 0.29) is 50.9 Å². The first-order chi connectivity index (χ1) is 21.1. The fourth-order valence-electron chi connectivity index (χ4n) is 3.63. The van der Waals surface area contributed by atoms with Gasteiger partial charge < -0.3 is 23.7 Å². The molecule has 11 nitrogen and oxygen atoms in total.